The molecule has 0 amide bonds. The number of halogens is 18. The molecule has 0 unspecified atom stereocenters. The third kappa shape index (κ3) is 4.49. The molecule has 0 fully saturated rings. The zero-order valence-corrected chi connectivity index (χ0v) is 12.5. The SMILES string of the molecule is O=C(F)C(F)(F)C(F)(F)O[C@](F)(C(F)(F)F)C(F)(F)OC(F)(C(F)(F)F)C(F)(F)F. The molecule has 0 aromatic carbocycles. The highest BCUT2D eigenvalue weighted by Crippen LogP contribution is 2.57. The maximum absolute atomic E-state index is 13.5. The summed E-state index contributed by atoms with van der Waals surface area (Å²) in [5, 5.41) is 0. The molecule has 21 heteroatoms. The van der Waals surface area contributed by atoms with E-state index in [1.165, 1.54) is 4.74 Å². The van der Waals surface area contributed by atoms with E-state index in [2.05, 4.69) is 0 Å². The topological polar surface area (TPSA) is 35.5 Å². The average molecular weight is 498 g/mol. The van der Waals surface area contributed by atoms with Gasteiger partial charge in [-0.1, -0.05) is 0 Å². The number of alkyl halides is 17. The van der Waals surface area contributed by atoms with Gasteiger partial charge in [-0.3, -0.25) is 14.3 Å². The van der Waals surface area contributed by atoms with Crippen LogP contribution in [0.4, 0.5) is 79.0 Å². The molecule has 0 bridgehead atoms. The quantitative estimate of drug-likeness (QED) is 0.351. The van der Waals surface area contributed by atoms with Crippen LogP contribution in [0.5, 0.6) is 0 Å². The molecule has 0 N–H and O–H groups in total. The molecule has 0 radical (unpaired) electrons. The minimum Gasteiger partial charge on any atom is -0.262 e. The Bertz CT molecular complexity index is 629. The van der Waals surface area contributed by atoms with Crippen molar-refractivity contribution in [3.8, 4) is 0 Å². The van der Waals surface area contributed by atoms with Crippen LogP contribution in [0.25, 0.3) is 0 Å². The van der Waals surface area contributed by atoms with Crippen molar-refractivity contribution in [2.75, 3.05) is 0 Å². The van der Waals surface area contributed by atoms with Crippen molar-refractivity contribution in [1.29, 1.82) is 0 Å². The van der Waals surface area contributed by atoms with Crippen LogP contribution in [0.2, 0.25) is 0 Å². The van der Waals surface area contributed by atoms with E-state index in [-0.39, 0.29) is 0 Å². The highest BCUT2D eigenvalue weighted by atomic mass is 19.4. The summed E-state index contributed by atoms with van der Waals surface area (Å²) in [6.45, 7) is 0. The molecule has 180 valence electrons. The number of carbonyl (C=O) groups is 1. The van der Waals surface area contributed by atoms with E-state index in [0.717, 1.165) is 4.74 Å². The van der Waals surface area contributed by atoms with E-state index in [9.17, 15) is 83.8 Å². The Morgan fingerprint density at radius 3 is 0.967 bits per heavy atom. The van der Waals surface area contributed by atoms with Crippen LogP contribution in [-0.4, -0.2) is 54.4 Å². The number of hydrogen-bond acceptors (Lipinski definition) is 3. The number of carbonyl (C=O) groups excluding carboxylic acids is 1. The molecule has 0 saturated carbocycles. The van der Waals surface area contributed by atoms with Crippen LogP contribution in [0.15, 0.2) is 0 Å². The minimum atomic E-state index is -8.18. The molecule has 30 heavy (non-hydrogen) atoms. The van der Waals surface area contributed by atoms with Crippen molar-refractivity contribution in [1.82, 2.24) is 0 Å². The average Bonchev–Trinajstić information content (AvgIpc) is 2.41. The molecule has 0 aliphatic rings. The van der Waals surface area contributed by atoms with Gasteiger partial charge in [0.1, 0.15) is 0 Å². The Morgan fingerprint density at radius 1 is 0.467 bits per heavy atom. The Labute approximate surface area is 149 Å². The van der Waals surface area contributed by atoms with E-state index in [4.69, 9.17) is 0 Å². The normalized spacial score (nSPS) is 17.7. The fraction of sp³-hybridized carbons (Fsp3) is 0.889. The lowest BCUT2D eigenvalue weighted by Gasteiger charge is -2.40. The van der Waals surface area contributed by atoms with Crippen molar-refractivity contribution in [3.05, 3.63) is 0 Å². The predicted octanol–water partition coefficient (Wildman–Crippen LogP) is 5.36. The molecule has 0 aliphatic carbocycles. The Balaban J connectivity index is 6.68. The fourth-order valence-corrected chi connectivity index (χ4v) is 1.16. The second-order valence-electron chi connectivity index (χ2n) is 4.77. The summed E-state index contributed by atoms with van der Waals surface area (Å²) in [5.41, 5.74) is 0. The van der Waals surface area contributed by atoms with Gasteiger partial charge in [-0.05, 0) is 0 Å². The molecule has 3 nitrogen and oxygen atoms in total. The molecule has 0 saturated heterocycles. The van der Waals surface area contributed by atoms with E-state index in [1.54, 1.807) is 0 Å². The van der Waals surface area contributed by atoms with Gasteiger partial charge in [0.15, 0.2) is 0 Å². The van der Waals surface area contributed by atoms with Gasteiger partial charge >= 0.3 is 54.4 Å². The summed E-state index contributed by atoms with van der Waals surface area (Å²) in [7, 11) is 0. The third-order valence-corrected chi connectivity index (χ3v) is 2.62. The zero-order chi connectivity index (χ0) is 25.0. The molecule has 0 spiro atoms. The second-order valence-corrected chi connectivity index (χ2v) is 4.77. The largest absolute Gasteiger partial charge is 0.458 e. The molecule has 0 aliphatic heterocycles. The lowest BCUT2D eigenvalue weighted by Crippen LogP contribution is -2.68. The van der Waals surface area contributed by atoms with Gasteiger partial charge < -0.3 is 0 Å². The highest BCUT2D eigenvalue weighted by molar-refractivity contribution is 5.77. The monoisotopic (exact) mass is 498 g/mol. The number of ether oxygens (including phenoxy) is 2. The smallest absolute Gasteiger partial charge is 0.262 e. The lowest BCUT2D eigenvalue weighted by molar-refractivity contribution is -0.558. The van der Waals surface area contributed by atoms with Gasteiger partial charge in [-0.15, -0.1) is 0 Å². The maximum atomic E-state index is 13.5. The Hall–Kier alpha value is -1.67. The number of rotatable bonds is 7. The van der Waals surface area contributed by atoms with Gasteiger partial charge in [0.25, 0.3) is 0 Å². The van der Waals surface area contributed by atoms with Crippen LogP contribution in [0.1, 0.15) is 0 Å². The van der Waals surface area contributed by atoms with Gasteiger partial charge in [-0.2, -0.15) is 79.0 Å². The molecule has 0 aromatic rings. The number of hydrogen-bond donors (Lipinski definition) is 0. The van der Waals surface area contributed by atoms with Gasteiger partial charge in [0, 0.05) is 0 Å². The second kappa shape index (κ2) is 7.19. The van der Waals surface area contributed by atoms with Crippen molar-refractivity contribution in [2.24, 2.45) is 0 Å². The minimum absolute atomic E-state index is 1.14. The summed E-state index contributed by atoms with van der Waals surface area (Å²) >= 11 is 0. The first-order valence-corrected chi connectivity index (χ1v) is 5.92. The van der Waals surface area contributed by atoms with Crippen molar-refractivity contribution in [2.45, 2.75) is 48.4 Å². The maximum Gasteiger partial charge on any atom is 0.458 e. The highest BCUT2D eigenvalue weighted by Gasteiger charge is 2.86. The van der Waals surface area contributed by atoms with Gasteiger partial charge in [0.05, 0.1) is 0 Å². The molecule has 0 aromatic heterocycles. The van der Waals surface area contributed by atoms with Crippen molar-refractivity contribution in [3.63, 3.8) is 0 Å². The molecular weight excluding hydrogens is 498 g/mol. The summed E-state index contributed by atoms with van der Waals surface area (Å²) in [5.74, 6) is -23.3. The standard InChI is InChI=1S/C9F18O3/c10-1(28)2(11,12)8(24,25)30-4(14,7(21,22)23)9(26,27)29-3(13,5(15,16)17)6(18,19)20/t4-/m1/s1. The lowest BCUT2D eigenvalue weighted by atomic mass is 10.2. The van der Waals surface area contributed by atoms with Crippen LogP contribution in [0.3, 0.4) is 0 Å². The van der Waals surface area contributed by atoms with Crippen molar-refractivity contribution >= 4 is 6.04 Å². The summed E-state index contributed by atoms with van der Waals surface area (Å²) in [6, 6.07) is -4.67. The van der Waals surface area contributed by atoms with Crippen LogP contribution >= 0.6 is 0 Å². The molecule has 1 atom stereocenters. The Kier molecular flexibility index (Phi) is 6.79. The van der Waals surface area contributed by atoms with E-state index >= 15 is 0 Å². The first-order valence-electron chi connectivity index (χ1n) is 5.92. The third-order valence-electron chi connectivity index (χ3n) is 2.62. The first-order chi connectivity index (χ1) is 12.6. The van der Waals surface area contributed by atoms with Gasteiger partial charge in [0.2, 0.25) is 0 Å². The molecular formula is C9F18O3. The summed E-state index contributed by atoms with van der Waals surface area (Å²) < 4.78 is 227. The van der Waals surface area contributed by atoms with Crippen LogP contribution in [0, 0.1) is 0 Å². The summed E-state index contributed by atoms with van der Waals surface area (Å²) in [6.07, 6.45) is -39.4. The van der Waals surface area contributed by atoms with E-state index < -0.39 is 54.4 Å². The first kappa shape index (κ1) is 28.3. The predicted molar refractivity (Wildman–Crippen MR) is 49.0 cm³/mol. The van der Waals surface area contributed by atoms with E-state index in [0.29, 0.717) is 0 Å². The van der Waals surface area contributed by atoms with Crippen molar-refractivity contribution < 1.29 is 93.3 Å². The summed E-state index contributed by atoms with van der Waals surface area (Å²) in [4.78, 5) is 9.63. The van der Waals surface area contributed by atoms with Crippen LogP contribution < -0.4 is 0 Å². The fourth-order valence-electron chi connectivity index (χ4n) is 1.16. The van der Waals surface area contributed by atoms with E-state index in [1.807, 2.05) is 0 Å². The Morgan fingerprint density at radius 2 is 0.733 bits per heavy atom. The van der Waals surface area contributed by atoms with Gasteiger partial charge in [-0.25, -0.2) is 0 Å². The molecule has 0 heterocycles. The van der Waals surface area contributed by atoms with Crippen LogP contribution in [-0.2, 0) is 14.3 Å². The molecule has 0 rings (SSSR count). The zero-order valence-electron chi connectivity index (χ0n) is 12.5.